The van der Waals surface area contributed by atoms with E-state index in [2.05, 4.69) is 16.5 Å². The third-order valence-electron chi connectivity index (χ3n) is 1.30. The Balaban J connectivity index is 2.95. The van der Waals surface area contributed by atoms with E-state index in [4.69, 9.17) is 0 Å². The van der Waals surface area contributed by atoms with E-state index >= 15 is 0 Å². The standard InChI is InChI=1S/C8H10N2O/c1-3-7(11)8-9-5-4-6(2)10-8/h3-5,7,11H,1H2,2H3. The van der Waals surface area contributed by atoms with E-state index in [1.54, 1.807) is 12.3 Å². The molecular formula is C8H10N2O. The van der Waals surface area contributed by atoms with E-state index in [0.717, 1.165) is 5.69 Å². The zero-order valence-corrected chi connectivity index (χ0v) is 6.36. The van der Waals surface area contributed by atoms with Crippen molar-refractivity contribution in [3.05, 3.63) is 36.4 Å². The number of aromatic nitrogens is 2. The van der Waals surface area contributed by atoms with Gasteiger partial charge in [-0.15, -0.1) is 6.58 Å². The highest BCUT2D eigenvalue weighted by atomic mass is 16.3. The molecule has 0 aliphatic carbocycles. The maximum Gasteiger partial charge on any atom is 0.161 e. The highest BCUT2D eigenvalue weighted by Gasteiger charge is 2.04. The Morgan fingerprint density at radius 2 is 2.45 bits per heavy atom. The van der Waals surface area contributed by atoms with Crippen LogP contribution in [0.1, 0.15) is 17.6 Å². The van der Waals surface area contributed by atoms with Gasteiger partial charge in [0.25, 0.3) is 0 Å². The molecule has 1 heterocycles. The molecule has 0 aliphatic heterocycles. The quantitative estimate of drug-likeness (QED) is 0.640. The maximum atomic E-state index is 9.21. The molecule has 11 heavy (non-hydrogen) atoms. The molecular weight excluding hydrogens is 140 g/mol. The van der Waals surface area contributed by atoms with Crippen molar-refractivity contribution in [2.45, 2.75) is 13.0 Å². The summed E-state index contributed by atoms with van der Waals surface area (Å²) >= 11 is 0. The lowest BCUT2D eigenvalue weighted by atomic mass is 10.3. The van der Waals surface area contributed by atoms with Crippen LogP contribution in [0.5, 0.6) is 0 Å². The van der Waals surface area contributed by atoms with Gasteiger partial charge in [0, 0.05) is 11.9 Å². The van der Waals surface area contributed by atoms with Crippen LogP contribution in [0.25, 0.3) is 0 Å². The molecule has 3 heteroatoms. The van der Waals surface area contributed by atoms with Crippen LogP contribution in [0.3, 0.4) is 0 Å². The number of aliphatic hydroxyl groups is 1. The number of rotatable bonds is 2. The van der Waals surface area contributed by atoms with Gasteiger partial charge in [0.2, 0.25) is 0 Å². The zero-order valence-electron chi connectivity index (χ0n) is 6.36. The molecule has 3 nitrogen and oxygen atoms in total. The van der Waals surface area contributed by atoms with Gasteiger partial charge in [0.15, 0.2) is 5.82 Å². The molecule has 1 atom stereocenters. The third kappa shape index (κ3) is 1.85. The van der Waals surface area contributed by atoms with Gasteiger partial charge >= 0.3 is 0 Å². The second-order valence-electron chi connectivity index (χ2n) is 2.24. The third-order valence-corrected chi connectivity index (χ3v) is 1.30. The lowest BCUT2D eigenvalue weighted by Gasteiger charge is -2.02. The van der Waals surface area contributed by atoms with Gasteiger partial charge in [-0.1, -0.05) is 6.08 Å². The molecule has 0 spiro atoms. The fourth-order valence-corrected chi connectivity index (χ4v) is 0.716. The Labute approximate surface area is 65.4 Å². The van der Waals surface area contributed by atoms with Crippen molar-refractivity contribution >= 4 is 0 Å². The number of hydrogen-bond donors (Lipinski definition) is 1. The Kier molecular flexibility index (Phi) is 2.33. The van der Waals surface area contributed by atoms with Crippen LogP contribution in [-0.4, -0.2) is 15.1 Å². The van der Waals surface area contributed by atoms with Crippen molar-refractivity contribution in [2.24, 2.45) is 0 Å². The molecule has 0 saturated carbocycles. The second-order valence-corrected chi connectivity index (χ2v) is 2.24. The Morgan fingerprint density at radius 3 is 3.00 bits per heavy atom. The van der Waals surface area contributed by atoms with Crippen molar-refractivity contribution in [3.63, 3.8) is 0 Å². The van der Waals surface area contributed by atoms with Crippen LogP contribution in [-0.2, 0) is 0 Å². The average molecular weight is 150 g/mol. The van der Waals surface area contributed by atoms with Crippen LogP contribution < -0.4 is 0 Å². The zero-order chi connectivity index (χ0) is 8.27. The summed E-state index contributed by atoms with van der Waals surface area (Å²) in [5.41, 5.74) is 0.843. The lowest BCUT2D eigenvalue weighted by Crippen LogP contribution is -2.00. The molecule has 1 unspecified atom stereocenters. The first-order valence-electron chi connectivity index (χ1n) is 3.34. The van der Waals surface area contributed by atoms with Gasteiger partial charge in [-0.25, -0.2) is 9.97 Å². The van der Waals surface area contributed by atoms with Crippen LogP contribution >= 0.6 is 0 Å². The predicted molar refractivity (Wildman–Crippen MR) is 41.9 cm³/mol. The van der Waals surface area contributed by atoms with Crippen molar-refractivity contribution < 1.29 is 5.11 Å². The number of aliphatic hydroxyl groups excluding tert-OH is 1. The van der Waals surface area contributed by atoms with Crippen molar-refractivity contribution in [1.29, 1.82) is 0 Å². The SMILES string of the molecule is C=CC(O)c1nccc(C)n1. The van der Waals surface area contributed by atoms with Crippen LogP contribution in [0.2, 0.25) is 0 Å². The summed E-state index contributed by atoms with van der Waals surface area (Å²) in [6, 6.07) is 1.78. The maximum absolute atomic E-state index is 9.21. The van der Waals surface area contributed by atoms with Gasteiger partial charge in [-0.2, -0.15) is 0 Å². The second kappa shape index (κ2) is 3.25. The molecule has 1 N–H and O–H groups in total. The minimum Gasteiger partial charge on any atom is -0.381 e. The fourth-order valence-electron chi connectivity index (χ4n) is 0.716. The Bertz CT molecular complexity index is 260. The Morgan fingerprint density at radius 1 is 1.73 bits per heavy atom. The molecule has 0 aliphatic rings. The molecule has 58 valence electrons. The first kappa shape index (κ1) is 7.88. The van der Waals surface area contributed by atoms with Crippen molar-refractivity contribution in [3.8, 4) is 0 Å². The smallest absolute Gasteiger partial charge is 0.161 e. The molecule has 0 amide bonds. The predicted octanol–water partition coefficient (Wildman–Crippen LogP) is 1.00. The first-order valence-corrected chi connectivity index (χ1v) is 3.34. The van der Waals surface area contributed by atoms with E-state index < -0.39 is 6.10 Å². The van der Waals surface area contributed by atoms with Gasteiger partial charge in [-0.05, 0) is 13.0 Å². The summed E-state index contributed by atoms with van der Waals surface area (Å²) in [5, 5.41) is 9.21. The summed E-state index contributed by atoms with van der Waals surface area (Å²) in [6.45, 7) is 5.28. The highest BCUT2D eigenvalue weighted by Crippen LogP contribution is 2.06. The van der Waals surface area contributed by atoms with Crippen LogP contribution in [0.15, 0.2) is 24.9 Å². The molecule has 1 aromatic rings. The summed E-state index contributed by atoms with van der Waals surface area (Å²) in [6.07, 6.45) is 2.26. The molecule has 0 saturated heterocycles. The first-order chi connectivity index (χ1) is 5.24. The Hall–Kier alpha value is -1.22. The molecule has 0 aromatic carbocycles. The monoisotopic (exact) mass is 150 g/mol. The number of hydrogen-bond acceptors (Lipinski definition) is 3. The molecule has 1 rings (SSSR count). The van der Waals surface area contributed by atoms with E-state index in [1.165, 1.54) is 6.08 Å². The van der Waals surface area contributed by atoms with Gasteiger partial charge < -0.3 is 5.11 Å². The van der Waals surface area contributed by atoms with E-state index in [1.807, 2.05) is 6.92 Å². The molecule has 0 radical (unpaired) electrons. The van der Waals surface area contributed by atoms with Gasteiger partial charge in [0.1, 0.15) is 6.10 Å². The van der Waals surface area contributed by atoms with Gasteiger partial charge in [-0.3, -0.25) is 0 Å². The van der Waals surface area contributed by atoms with E-state index in [0.29, 0.717) is 5.82 Å². The fraction of sp³-hybridized carbons (Fsp3) is 0.250. The summed E-state index contributed by atoms with van der Waals surface area (Å²) in [7, 11) is 0. The van der Waals surface area contributed by atoms with Crippen molar-refractivity contribution in [2.75, 3.05) is 0 Å². The molecule has 1 aromatic heterocycles. The number of nitrogens with zero attached hydrogens (tertiary/aromatic N) is 2. The minimum atomic E-state index is -0.755. The van der Waals surface area contributed by atoms with Crippen molar-refractivity contribution in [1.82, 2.24) is 9.97 Å². The number of aryl methyl sites for hydroxylation is 1. The lowest BCUT2D eigenvalue weighted by molar-refractivity contribution is 0.218. The average Bonchev–Trinajstić information content (AvgIpc) is 2.03. The summed E-state index contributed by atoms with van der Waals surface area (Å²) in [4.78, 5) is 7.89. The molecule has 0 fully saturated rings. The summed E-state index contributed by atoms with van der Waals surface area (Å²) in [5.74, 6) is 0.403. The van der Waals surface area contributed by atoms with E-state index in [-0.39, 0.29) is 0 Å². The highest BCUT2D eigenvalue weighted by molar-refractivity contribution is 5.04. The minimum absolute atomic E-state index is 0.403. The van der Waals surface area contributed by atoms with Crippen LogP contribution in [0.4, 0.5) is 0 Å². The van der Waals surface area contributed by atoms with Crippen LogP contribution in [0, 0.1) is 6.92 Å². The van der Waals surface area contributed by atoms with Gasteiger partial charge in [0.05, 0.1) is 0 Å². The van der Waals surface area contributed by atoms with E-state index in [9.17, 15) is 5.11 Å². The topological polar surface area (TPSA) is 46.0 Å². The molecule has 0 bridgehead atoms. The normalized spacial score (nSPS) is 12.5. The summed E-state index contributed by atoms with van der Waals surface area (Å²) < 4.78 is 0. The largest absolute Gasteiger partial charge is 0.381 e.